The predicted molar refractivity (Wildman–Crippen MR) is 49.0 cm³/mol. The van der Waals surface area contributed by atoms with Crippen LogP contribution in [0, 0.1) is 0 Å². The molecule has 0 saturated carbocycles. The molecule has 1 nitrogen and oxygen atoms in total. The van der Waals surface area contributed by atoms with Gasteiger partial charge >= 0.3 is 75.5 Å². The molecular weight excluding hydrogens is 225 g/mol. The Morgan fingerprint density at radius 3 is 2.50 bits per heavy atom. The van der Waals surface area contributed by atoms with Crippen LogP contribution >= 0.6 is 12.4 Å². The van der Waals surface area contributed by atoms with Gasteiger partial charge in [0.25, 0.3) is 0 Å². The van der Waals surface area contributed by atoms with Gasteiger partial charge in [0.15, 0.2) is 0 Å². The molecule has 0 spiro atoms. The van der Waals surface area contributed by atoms with Crippen molar-refractivity contribution >= 4 is 12.4 Å². The first kappa shape index (κ1) is 12.1. The molecule has 12 heavy (non-hydrogen) atoms. The van der Waals surface area contributed by atoms with Gasteiger partial charge in [0.2, 0.25) is 0 Å². The summed E-state index contributed by atoms with van der Waals surface area (Å²) in [4.78, 5) is 0. The standard InChI is InChI=1S/C7H7.C2H5O.ClH.Zn/c1-7-5-3-2-4-6-7;1-2-3;;/h2-6H,1H2;2H2,1H3;1H;/q;-1;;+1. The zero-order chi connectivity index (χ0) is 7.94. The van der Waals surface area contributed by atoms with E-state index < -0.39 is 17.5 Å². The molecule has 0 bridgehead atoms. The van der Waals surface area contributed by atoms with E-state index >= 15 is 0 Å². The molecule has 0 aliphatic heterocycles. The summed E-state index contributed by atoms with van der Waals surface area (Å²) in [5.41, 5.74) is 1.43. The quantitative estimate of drug-likeness (QED) is 0.578. The van der Waals surface area contributed by atoms with Crippen molar-refractivity contribution in [3.8, 4) is 0 Å². The van der Waals surface area contributed by atoms with Gasteiger partial charge in [-0.2, -0.15) is 0 Å². The summed E-state index contributed by atoms with van der Waals surface area (Å²) in [7, 11) is 0. The monoisotopic (exact) mass is 236 g/mol. The fourth-order valence-corrected chi connectivity index (χ4v) is 3.08. The van der Waals surface area contributed by atoms with Gasteiger partial charge in [-0.25, -0.2) is 0 Å². The van der Waals surface area contributed by atoms with E-state index in [1.165, 1.54) is 10.6 Å². The van der Waals surface area contributed by atoms with Gasteiger partial charge in [0.05, 0.1) is 0 Å². The summed E-state index contributed by atoms with van der Waals surface area (Å²) in [6.07, 6.45) is 0. The smallest absolute Gasteiger partial charge is 0.147 e. The van der Waals surface area contributed by atoms with E-state index in [-0.39, 0.29) is 12.4 Å². The molecule has 0 atom stereocenters. The maximum absolute atomic E-state index is 5.42. The van der Waals surface area contributed by atoms with Crippen molar-refractivity contribution in [1.82, 2.24) is 0 Å². The summed E-state index contributed by atoms with van der Waals surface area (Å²) < 4.78 is 5.42. The third-order valence-electron chi connectivity index (χ3n) is 1.58. The third kappa shape index (κ3) is 4.87. The van der Waals surface area contributed by atoms with E-state index in [4.69, 9.17) is 3.56 Å². The minimum absolute atomic E-state index is 0. The summed E-state index contributed by atoms with van der Waals surface area (Å²) in [6, 6.07) is 10.6. The van der Waals surface area contributed by atoms with Crippen molar-refractivity contribution in [2.24, 2.45) is 0 Å². The average molecular weight is 238 g/mol. The maximum Gasteiger partial charge on any atom is -0.147 e. The van der Waals surface area contributed by atoms with Crippen LogP contribution < -0.4 is 0 Å². The summed E-state index contributed by atoms with van der Waals surface area (Å²) in [5.74, 6) is 0. The third-order valence-corrected chi connectivity index (χ3v) is 4.68. The Balaban J connectivity index is 0.00000121. The van der Waals surface area contributed by atoms with Crippen LogP contribution in [0.15, 0.2) is 30.3 Å². The molecule has 1 aromatic carbocycles. The molecule has 0 aromatic heterocycles. The van der Waals surface area contributed by atoms with Gasteiger partial charge in [0, 0.05) is 0 Å². The van der Waals surface area contributed by atoms with Gasteiger partial charge in [-0.05, 0) is 0 Å². The molecule has 0 aliphatic carbocycles. The van der Waals surface area contributed by atoms with E-state index in [9.17, 15) is 0 Å². The first-order chi connectivity index (χ1) is 5.43. The molecule has 3 heteroatoms. The second-order valence-electron chi connectivity index (χ2n) is 2.43. The van der Waals surface area contributed by atoms with E-state index in [0.29, 0.717) is 0 Å². The van der Waals surface area contributed by atoms with Crippen molar-refractivity contribution in [3.05, 3.63) is 35.9 Å². The summed E-state index contributed by atoms with van der Waals surface area (Å²) >= 11 is -0.679. The summed E-state index contributed by atoms with van der Waals surface area (Å²) in [6.45, 7) is 2.96. The van der Waals surface area contributed by atoms with Gasteiger partial charge < -0.3 is 0 Å². The Morgan fingerprint density at radius 1 is 1.25 bits per heavy atom. The van der Waals surface area contributed by atoms with Crippen molar-refractivity contribution in [2.45, 2.75) is 11.9 Å². The Labute approximate surface area is 87.9 Å². The van der Waals surface area contributed by atoms with Crippen LogP contribution in [0.3, 0.4) is 0 Å². The van der Waals surface area contributed by atoms with Crippen molar-refractivity contribution in [2.75, 3.05) is 6.61 Å². The molecule has 0 aliphatic rings. The van der Waals surface area contributed by atoms with Crippen LogP contribution in [0.5, 0.6) is 0 Å². The van der Waals surface area contributed by atoms with Crippen LogP contribution in [-0.4, -0.2) is 6.61 Å². The Hall–Kier alpha value is 0.0934. The summed E-state index contributed by atoms with van der Waals surface area (Å²) in [5, 5.41) is 1.21. The van der Waals surface area contributed by atoms with Gasteiger partial charge in [-0.15, -0.1) is 12.4 Å². The molecular formula is C9H13ClOZn. The van der Waals surface area contributed by atoms with E-state index in [1.807, 2.05) is 0 Å². The molecule has 1 aromatic rings. The number of hydrogen-bond acceptors (Lipinski definition) is 1. The molecule has 0 saturated heterocycles. The van der Waals surface area contributed by atoms with Gasteiger partial charge in [-0.1, -0.05) is 0 Å². The SMILES string of the molecule is CC[O][Zn][CH2]c1ccccc1.Cl. The predicted octanol–water partition coefficient (Wildman–Crippen LogP) is 2.64. The zero-order valence-corrected chi connectivity index (χ0v) is 11.1. The van der Waals surface area contributed by atoms with Gasteiger partial charge in [0.1, 0.15) is 0 Å². The molecule has 0 fully saturated rings. The van der Waals surface area contributed by atoms with Gasteiger partial charge in [-0.3, -0.25) is 0 Å². The fourth-order valence-electron chi connectivity index (χ4n) is 0.979. The first-order valence-electron chi connectivity index (χ1n) is 4.05. The van der Waals surface area contributed by atoms with Crippen molar-refractivity contribution in [1.29, 1.82) is 0 Å². The molecule has 1 rings (SSSR count). The fraction of sp³-hybridized carbons (Fsp3) is 0.333. The Morgan fingerprint density at radius 2 is 1.92 bits per heavy atom. The maximum atomic E-state index is 5.42. The van der Waals surface area contributed by atoms with Crippen molar-refractivity contribution in [3.63, 3.8) is 0 Å². The number of halogens is 1. The van der Waals surface area contributed by atoms with E-state index in [0.717, 1.165) is 6.61 Å². The van der Waals surface area contributed by atoms with Crippen LogP contribution in [-0.2, 0) is 26.1 Å². The van der Waals surface area contributed by atoms with Crippen LogP contribution in [0.4, 0.5) is 0 Å². The molecule has 64 valence electrons. The Bertz CT molecular complexity index is 191. The zero-order valence-electron chi connectivity index (χ0n) is 7.32. The van der Waals surface area contributed by atoms with Crippen LogP contribution in [0.1, 0.15) is 12.5 Å². The number of rotatable bonds is 4. The van der Waals surface area contributed by atoms with E-state index in [2.05, 4.69) is 37.3 Å². The molecule has 0 radical (unpaired) electrons. The van der Waals surface area contributed by atoms with Crippen LogP contribution in [0.2, 0.25) is 0 Å². The number of benzene rings is 1. The first-order valence-corrected chi connectivity index (χ1v) is 7.36. The Kier molecular flexibility index (Phi) is 7.79. The van der Waals surface area contributed by atoms with Crippen LogP contribution in [0.25, 0.3) is 0 Å². The number of hydrogen-bond donors (Lipinski definition) is 0. The second kappa shape index (κ2) is 7.73. The minimum Gasteiger partial charge on any atom is -0.147 e. The van der Waals surface area contributed by atoms with Crippen molar-refractivity contribution < 1.29 is 21.1 Å². The molecule has 0 amide bonds. The largest absolute Gasteiger partial charge is 0.147 e. The molecule has 0 N–H and O–H groups in total. The normalized spacial score (nSPS) is 8.42. The minimum atomic E-state index is -0.679. The average Bonchev–Trinajstić information content (AvgIpc) is 2.07. The molecule has 0 heterocycles. The second-order valence-corrected chi connectivity index (χ2v) is 5.19. The topological polar surface area (TPSA) is 9.23 Å². The molecule has 0 unspecified atom stereocenters. The van der Waals surface area contributed by atoms with E-state index in [1.54, 1.807) is 0 Å².